The fraction of sp³-hybridized carbons (Fsp3) is 1.00. The van der Waals surface area contributed by atoms with Crippen LogP contribution in [0.1, 0.15) is 6.92 Å². The first-order chi connectivity index (χ1) is 3.66. The quantitative estimate of drug-likeness (QED) is 0.605. The second-order valence-corrected chi connectivity index (χ2v) is 3.69. The molecule has 0 aliphatic carbocycles. The van der Waals surface area contributed by atoms with E-state index >= 15 is 0 Å². The van der Waals surface area contributed by atoms with Gasteiger partial charge in [0.05, 0.1) is 0 Å². The standard InChI is InChI=1S/C4H9ClO2S/c1-4(2-6)3-8(5)7/h4,6H,2-3H2,1H3. The van der Waals surface area contributed by atoms with Crippen molar-refractivity contribution in [2.24, 2.45) is 5.92 Å². The highest BCUT2D eigenvalue weighted by atomic mass is 35.7. The molecule has 4 heteroatoms. The average molecular weight is 157 g/mol. The van der Waals surface area contributed by atoms with Gasteiger partial charge in [-0.2, -0.15) is 0 Å². The molecule has 50 valence electrons. The monoisotopic (exact) mass is 156 g/mol. The maximum atomic E-state index is 10.2. The molecule has 0 aliphatic heterocycles. The second-order valence-electron chi connectivity index (χ2n) is 1.74. The van der Waals surface area contributed by atoms with Crippen LogP contribution < -0.4 is 0 Å². The second kappa shape index (κ2) is 4.30. The summed E-state index contributed by atoms with van der Waals surface area (Å²) in [5.74, 6) is 0.422. The van der Waals surface area contributed by atoms with Gasteiger partial charge in [-0.05, 0) is 16.6 Å². The van der Waals surface area contributed by atoms with E-state index in [4.69, 9.17) is 15.8 Å². The van der Waals surface area contributed by atoms with Crippen molar-refractivity contribution in [1.82, 2.24) is 0 Å². The Balaban J connectivity index is 3.24. The zero-order valence-corrected chi connectivity index (χ0v) is 6.21. The number of aliphatic hydroxyl groups is 1. The Morgan fingerprint density at radius 1 is 1.88 bits per heavy atom. The van der Waals surface area contributed by atoms with Crippen LogP contribution in [-0.2, 0) is 10.0 Å². The summed E-state index contributed by atoms with van der Waals surface area (Å²) in [5.41, 5.74) is 0. The van der Waals surface area contributed by atoms with E-state index < -0.39 is 10.0 Å². The fourth-order valence-electron chi connectivity index (χ4n) is 0.276. The van der Waals surface area contributed by atoms with Crippen LogP contribution in [-0.4, -0.2) is 21.7 Å². The molecule has 0 spiro atoms. The molecule has 0 aliphatic rings. The third-order valence-electron chi connectivity index (χ3n) is 0.727. The van der Waals surface area contributed by atoms with Crippen LogP contribution in [0.4, 0.5) is 0 Å². The van der Waals surface area contributed by atoms with E-state index in [9.17, 15) is 4.21 Å². The lowest BCUT2D eigenvalue weighted by Gasteiger charge is -2.00. The van der Waals surface area contributed by atoms with Crippen molar-refractivity contribution < 1.29 is 9.32 Å². The maximum absolute atomic E-state index is 10.2. The molecule has 0 fully saturated rings. The van der Waals surface area contributed by atoms with Crippen molar-refractivity contribution in [3.8, 4) is 0 Å². The van der Waals surface area contributed by atoms with E-state index in [-0.39, 0.29) is 12.5 Å². The van der Waals surface area contributed by atoms with Gasteiger partial charge in [0, 0.05) is 12.4 Å². The van der Waals surface area contributed by atoms with E-state index in [2.05, 4.69) is 0 Å². The van der Waals surface area contributed by atoms with Crippen molar-refractivity contribution in [2.45, 2.75) is 6.92 Å². The minimum Gasteiger partial charge on any atom is -0.396 e. The van der Waals surface area contributed by atoms with E-state index in [1.165, 1.54) is 0 Å². The molecule has 0 radical (unpaired) electrons. The predicted octanol–water partition coefficient (Wildman–Crippen LogP) is 0.517. The van der Waals surface area contributed by atoms with Crippen LogP contribution in [0.2, 0.25) is 0 Å². The van der Waals surface area contributed by atoms with Crippen LogP contribution in [0.15, 0.2) is 0 Å². The summed E-state index contributed by atoms with van der Waals surface area (Å²) in [4.78, 5) is 0. The summed E-state index contributed by atoms with van der Waals surface area (Å²) in [5, 5.41) is 8.39. The summed E-state index contributed by atoms with van der Waals surface area (Å²) in [6.07, 6.45) is 0. The number of aliphatic hydroxyl groups excluding tert-OH is 1. The fourth-order valence-corrected chi connectivity index (χ4v) is 1.47. The maximum Gasteiger partial charge on any atom is 0.115 e. The topological polar surface area (TPSA) is 37.3 Å². The van der Waals surface area contributed by atoms with Gasteiger partial charge >= 0.3 is 0 Å². The number of halogens is 1. The van der Waals surface area contributed by atoms with Crippen molar-refractivity contribution in [3.05, 3.63) is 0 Å². The first-order valence-corrected chi connectivity index (χ1v) is 4.46. The van der Waals surface area contributed by atoms with Crippen LogP contribution in [0.3, 0.4) is 0 Å². The highest BCUT2D eigenvalue weighted by molar-refractivity contribution is 8.08. The van der Waals surface area contributed by atoms with Gasteiger partial charge in [-0.25, -0.2) is 4.21 Å². The van der Waals surface area contributed by atoms with Crippen LogP contribution >= 0.6 is 10.7 Å². The van der Waals surface area contributed by atoms with E-state index in [0.717, 1.165) is 0 Å². The lowest BCUT2D eigenvalue weighted by Crippen LogP contribution is -2.07. The Hall–Kier alpha value is 0.400. The minimum absolute atomic E-state index is 0.0494. The van der Waals surface area contributed by atoms with Gasteiger partial charge in [-0.15, -0.1) is 0 Å². The summed E-state index contributed by atoms with van der Waals surface area (Å²) in [6.45, 7) is 1.85. The van der Waals surface area contributed by atoms with Crippen molar-refractivity contribution >= 4 is 20.7 Å². The molecule has 2 nitrogen and oxygen atoms in total. The molecule has 0 aromatic carbocycles. The molecule has 2 atom stereocenters. The largest absolute Gasteiger partial charge is 0.396 e. The minimum atomic E-state index is -1.28. The van der Waals surface area contributed by atoms with Crippen molar-refractivity contribution in [2.75, 3.05) is 12.4 Å². The van der Waals surface area contributed by atoms with E-state index in [1.807, 2.05) is 0 Å². The van der Waals surface area contributed by atoms with Gasteiger partial charge < -0.3 is 5.11 Å². The molecule has 0 amide bonds. The predicted molar refractivity (Wildman–Crippen MR) is 35.1 cm³/mol. The number of hydrogen-bond acceptors (Lipinski definition) is 2. The lowest BCUT2D eigenvalue weighted by atomic mass is 10.2. The zero-order valence-electron chi connectivity index (χ0n) is 4.63. The summed E-state index contributed by atoms with van der Waals surface area (Å²) >= 11 is 0. The third kappa shape index (κ3) is 4.56. The van der Waals surface area contributed by atoms with Gasteiger partial charge in [0.25, 0.3) is 0 Å². The molecule has 2 unspecified atom stereocenters. The zero-order chi connectivity index (χ0) is 6.57. The smallest absolute Gasteiger partial charge is 0.115 e. The molecule has 0 heterocycles. The molecule has 0 aromatic heterocycles. The Kier molecular flexibility index (Phi) is 4.51. The highest BCUT2D eigenvalue weighted by Gasteiger charge is 2.02. The molecular formula is C4H9ClO2S. The molecule has 8 heavy (non-hydrogen) atoms. The van der Waals surface area contributed by atoms with Crippen LogP contribution in [0.25, 0.3) is 0 Å². The average Bonchev–Trinajstić information content (AvgIpc) is 1.65. The van der Waals surface area contributed by atoms with E-state index in [0.29, 0.717) is 5.75 Å². The first kappa shape index (κ1) is 8.40. The summed E-state index contributed by atoms with van der Waals surface area (Å²) in [6, 6.07) is 0. The lowest BCUT2D eigenvalue weighted by molar-refractivity contribution is 0.250. The molecule has 0 aromatic rings. The van der Waals surface area contributed by atoms with Gasteiger partial charge in [0.15, 0.2) is 0 Å². The highest BCUT2D eigenvalue weighted by Crippen LogP contribution is 1.98. The van der Waals surface area contributed by atoms with Gasteiger partial charge in [0.1, 0.15) is 10.0 Å². The Labute approximate surface area is 55.8 Å². The summed E-state index contributed by atoms with van der Waals surface area (Å²) < 4.78 is 10.2. The van der Waals surface area contributed by atoms with Crippen molar-refractivity contribution in [1.29, 1.82) is 0 Å². The molecule has 0 bridgehead atoms. The molecule has 0 saturated carbocycles. The van der Waals surface area contributed by atoms with Crippen LogP contribution in [0.5, 0.6) is 0 Å². The van der Waals surface area contributed by atoms with Crippen molar-refractivity contribution in [3.63, 3.8) is 0 Å². The number of hydrogen-bond donors (Lipinski definition) is 1. The Morgan fingerprint density at radius 3 is 2.50 bits per heavy atom. The van der Waals surface area contributed by atoms with Crippen LogP contribution in [0, 0.1) is 5.92 Å². The Morgan fingerprint density at radius 2 is 2.38 bits per heavy atom. The Bertz CT molecular complexity index is 86.1. The third-order valence-corrected chi connectivity index (χ3v) is 1.94. The molecule has 0 saturated heterocycles. The summed E-state index contributed by atoms with van der Waals surface area (Å²) in [7, 11) is 3.83. The van der Waals surface area contributed by atoms with Gasteiger partial charge in [0.2, 0.25) is 0 Å². The normalized spacial score (nSPS) is 17.9. The SMILES string of the molecule is CC(CO)CS(=O)Cl. The number of rotatable bonds is 3. The molecular weight excluding hydrogens is 148 g/mol. The first-order valence-electron chi connectivity index (χ1n) is 2.32. The molecule has 0 rings (SSSR count). The van der Waals surface area contributed by atoms with E-state index in [1.54, 1.807) is 6.92 Å². The molecule has 1 N–H and O–H groups in total. The van der Waals surface area contributed by atoms with Gasteiger partial charge in [-0.3, -0.25) is 0 Å². The van der Waals surface area contributed by atoms with Gasteiger partial charge in [-0.1, -0.05) is 6.92 Å².